The maximum atomic E-state index is 13.5. The molecule has 0 aliphatic carbocycles. The van der Waals surface area contributed by atoms with Gasteiger partial charge in [0.05, 0.1) is 11.4 Å². The molecular weight excluding hydrogens is 399 g/mol. The number of aromatic nitrogens is 2. The van der Waals surface area contributed by atoms with Crippen LogP contribution in [-0.4, -0.2) is 15.6 Å². The second-order valence-electron chi connectivity index (χ2n) is 7.44. The van der Waals surface area contributed by atoms with Gasteiger partial charge in [0.15, 0.2) is 5.78 Å². The number of carbonyl (C=O) groups excluding carboxylic acids is 1. The first-order chi connectivity index (χ1) is 15.7. The van der Waals surface area contributed by atoms with E-state index in [1.54, 1.807) is 29.0 Å². The fourth-order valence-corrected chi connectivity index (χ4v) is 3.75. The minimum absolute atomic E-state index is 0.0840. The molecular formula is C28H19FN2O. The van der Waals surface area contributed by atoms with Crippen LogP contribution in [0.2, 0.25) is 0 Å². The molecule has 3 nitrogen and oxygen atoms in total. The molecule has 0 spiro atoms. The van der Waals surface area contributed by atoms with Crippen molar-refractivity contribution in [1.29, 1.82) is 0 Å². The van der Waals surface area contributed by atoms with Gasteiger partial charge >= 0.3 is 0 Å². The van der Waals surface area contributed by atoms with Gasteiger partial charge in [-0.25, -0.2) is 9.07 Å². The Bertz CT molecular complexity index is 1430. The van der Waals surface area contributed by atoms with Crippen LogP contribution in [0.15, 0.2) is 109 Å². The van der Waals surface area contributed by atoms with Crippen LogP contribution in [0.4, 0.5) is 4.39 Å². The standard InChI is InChI=1S/C28H19FN2O/c29-23-16-13-21(14-17-23)28-22(19-31(30-28)24-9-2-1-3-10-24)15-18-27(32)26-12-6-8-20-7-4-5-11-25(20)26/h1-19H. The summed E-state index contributed by atoms with van der Waals surface area (Å²) in [5.41, 5.74) is 3.78. The molecule has 0 saturated heterocycles. The summed E-state index contributed by atoms with van der Waals surface area (Å²) in [7, 11) is 0. The Morgan fingerprint density at radius 3 is 2.34 bits per heavy atom. The SMILES string of the molecule is O=C(C=Cc1cn(-c2ccccc2)nc1-c1ccc(F)cc1)c1cccc2ccccc12. The molecule has 1 heterocycles. The maximum absolute atomic E-state index is 13.5. The molecule has 0 bridgehead atoms. The molecule has 4 aromatic carbocycles. The van der Waals surface area contributed by atoms with Crippen molar-refractivity contribution in [3.05, 3.63) is 126 Å². The number of carbonyl (C=O) groups is 1. The Balaban J connectivity index is 1.56. The van der Waals surface area contributed by atoms with E-state index in [2.05, 4.69) is 0 Å². The Morgan fingerprint density at radius 1 is 0.812 bits per heavy atom. The van der Waals surface area contributed by atoms with E-state index >= 15 is 0 Å². The number of hydrogen-bond acceptors (Lipinski definition) is 2. The lowest BCUT2D eigenvalue weighted by Gasteiger charge is -2.03. The Morgan fingerprint density at radius 2 is 1.53 bits per heavy atom. The van der Waals surface area contributed by atoms with Gasteiger partial charge < -0.3 is 0 Å². The number of ketones is 1. The van der Waals surface area contributed by atoms with Crippen molar-refractivity contribution < 1.29 is 9.18 Å². The third-order valence-corrected chi connectivity index (χ3v) is 5.35. The normalized spacial score (nSPS) is 11.3. The highest BCUT2D eigenvalue weighted by molar-refractivity contribution is 6.14. The number of hydrogen-bond donors (Lipinski definition) is 0. The lowest BCUT2D eigenvalue weighted by atomic mass is 10.0. The summed E-state index contributed by atoms with van der Waals surface area (Å²) < 4.78 is 15.2. The zero-order valence-electron chi connectivity index (χ0n) is 17.2. The van der Waals surface area contributed by atoms with Gasteiger partial charge in [-0.2, -0.15) is 5.10 Å². The highest BCUT2D eigenvalue weighted by atomic mass is 19.1. The molecule has 0 radical (unpaired) electrons. The molecule has 0 aliphatic rings. The van der Waals surface area contributed by atoms with E-state index in [0.29, 0.717) is 11.3 Å². The quantitative estimate of drug-likeness (QED) is 0.234. The van der Waals surface area contributed by atoms with E-state index in [0.717, 1.165) is 27.6 Å². The summed E-state index contributed by atoms with van der Waals surface area (Å²) in [5.74, 6) is -0.390. The van der Waals surface area contributed by atoms with Crippen molar-refractivity contribution in [2.75, 3.05) is 0 Å². The molecule has 1 aromatic heterocycles. The highest BCUT2D eigenvalue weighted by Gasteiger charge is 2.12. The predicted molar refractivity (Wildman–Crippen MR) is 126 cm³/mol. The van der Waals surface area contributed by atoms with E-state index in [1.165, 1.54) is 12.1 Å². The molecule has 0 aliphatic heterocycles. The van der Waals surface area contributed by atoms with Crippen molar-refractivity contribution in [3.8, 4) is 16.9 Å². The molecule has 154 valence electrons. The van der Waals surface area contributed by atoms with Crippen molar-refractivity contribution in [1.82, 2.24) is 9.78 Å². The van der Waals surface area contributed by atoms with Gasteiger partial charge in [-0.05, 0) is 59.3 Å². The van der Waals surface area contributed by atoms with Gasteiger partial charge in [0.1, 0.15) is 5.82 Å². The second-order valence-corrected chi connectivity index (χ2v) is 7.44. The zero-order chi connectivity index (χ0) is 21.9. The average Bonchev–Trinajstić information content (AvgIpc) is 3.27. The largest absolute Gasteiger partial charge is 0.289 e. The van der Waals surface area contributed by atoms with Gasteiger partial charge in [0.2, 0.25) is 0 Å². The number of para-hydroxylation sites is 1. The fourth-order valence-electron chi connectivity index (χ4n) is 3.75. The van der Waals surface area contributed by atoms with Crippen LogP contribution in [0.3, 0.4) is 0 Å². The van der Waals surface area contributed by atoms with Crippen LogP contribution in [-0.2, 0) is 0 Å². The van der Waals surface area contributed by atoms with Gasteiger partial charge in [-0.1, -0.05) is 60.7 Å². The molecule has 0 atom stereocenters. The van der Waals surface area contributed by atoms with E-state index in [1.807, 2.05) is 79.0 Å². The zero-order valence-corrected chi connectivity index (χ0v) is 17.2. The number of nitrogens with zero attached hydrogens (tertiary/aromatic N) is 2. The summed E-state index contributed by atoms with van der Waals surface area (Å²) in [5, 5.41) is 6.66. The van der Waals surface area contributed by atoms with Gasteiger partial charge in [0, 0.05) is 22.9 Å². The molecule has 5 aromatic rings. The molecule has 0 N–H and O–H groups in total. The topological polar surface area (TPSA) is 34.9 Å². The number of fused-ring (bicyclic) bond motifs is 1. The molecule has 0 fully saturated rings. The van der Waals surface area contributed by atoms with Crippen molar-refractivity contribution in [3.63, 3.8) is 0 Å². The van der Waals surface area contributed by atoms with Crippen molar-refractivity contribution in [2.45, 2.75) is 0 Å². The molecule has 4 heteroatoms. The van der Waals surface area contributed by atoms with E-state index < -0.39 is 0 Å². The minimum atomic E-state index is -0.306. The van der Waals surface area contributed by atoms with E-state index in [-0.39, 0.29) is 11.6 Å². The summed E-state index contributed by atoms with van der Waals surface area (Å²) in [4.78, 5) is 13.0. The first-order valence-electron chi connectivity index (χ1n) is 10.3. The van der Waals surface area contributed by atoms with Gasteiger partial charge in [0.25, 0.3) is 0 Å². The number of halogens is 1. The molecule has 0 amide bonds. The predicted octanol–water partition coefficient (Wildman–Crippen LogP) is 6.73. The average molecular weight is 418 g/mol. The van der Waals surface area contributed by atoms with Crippen LogP contribution in [0.25, 0.3) is 33.8 Å². The van der Waals surface area contributed by atoms with E-state index in [9.17, 15) is 9.18 Å². The monoisotopic (exact) mass is 418 g/mol. The smallest absolute Gasteiger partial charge is 0.186 e. The first kappa shape index (κ1) is 19.6. The van der Waals surface area contributed by atoms with Crippen LogP contribution >= 0.6 is 0 Å². The van der Waals surface area contributed by atoms with Crippen molar-refractivity contribution >= 4 is 22.6 Å². The first-order valence-corrected chi connectivity index (χ1v) is 10.3. The number of rotatable bonds is 5. The lowest BCUT2D eigenvalue weighted by Crippen LogP contribution is -1.95. The number of allylic oxidation sites excluding steroid dienone is 1. The fraction of sp³-hybridized carbons (Fsp3) is 0. The molecule has 5 rings (SSSR count). The van der Waals surface area contributed by atoms with Gasteiger partial charge in [-0.15, -0.1) is 0 Å². The minimum Gasteiger partial charge on any atom is -0.289 e. The molecule has 0 unspecified atom stereocenters. The molecule has 32 heavy (non-hydrogen) atoms. The Hall–Kier alpha value is -4.31. The Kier molecular flexibility index (Phi) is 5.18. The maximum Gasteiger partial charge on any atom is 0.186 e. The second kappa shape index (κ2) is 8.44. The van der Waals surface area contributed by atoms with Crippen LogP contribution in [0.1, 0.15) is 15.9 Å². The Labute approximate surface area is 185 Å². The van der Waals surface area contributed by atoms with Crippen LogP contribution in [0, 0.1) is 5.82 Å². The highest BCUT2D eigenvalue weighted by Crippen LogP contribution is 2.26. The van der Waals surface area contributed by atoms with Crippen LogP contribution < -0.4 is 0 Å². The van der Waals surface area contributed by atoms with Gasteiger partial charge in [-0.3, -0.25) is 4.79 Å². The number of benzene rings is 4. The lowest BCUT2D eigenvalue weighted by molar-refractivity contribution is 0.104. The van der Waals surface area contributed by atoms with E-state index in [4.69, 9.17) is 5.10 Å². The molecule has 0 saturated carbocycles. The third kappa shape index (κ3) is 3.86. The van der Waals surface area contributed by atoms with Crippen molar-refractivity contribution in [2.24, 2.45) is 0 Å². The summed E-state index contributed by atoms with van der Waals surface area (Å²) in [6, 6.07) is 29.5. The summed E-state index contributed by atoms with van der Waals surface area (Å²) in [6.45, 7) is 0. The third-order valence-electron chi connectivity index (χ3n) is 5.35. The van der Waals surface area contributed by atoms with Crippen LogP contribution in [0.5, 0.6) is 0 Å². The summed E-state index contributed by atoms with van der Waals surface area (Å²) in [6.07, 6.45) is 5.22. The summed E-state index contributed by atoms with van der Waals surface area (Å²) >= 11 is 0.